The Morgan fingerprint density at radius 3 is 2.76 bits per heavy atom. The zero-order chi connectivity index (χ0) is 12.7. The third kappa shape index (κ3) is 4.95. The molecule has 0 saturated carbocycles. The molecule has 0 aromatic rings. The molecule has 0 spiro atoms. The first-order valence-electron chi connectivity index (χ1n) is 6.35. The molecule has 0 aliphatic carbocycles. The molecule has 0 N–H and O–H groups in total. The summed E-state index contributed by atoms with van der Waals surface area (Å²) in [5.74, 6) is 0.554. The number of hydrogen-bond donors (Lipinski definition) is 0. The summed E-state index contributed by atoms with van der Waals surface area (Å²) in [6, 6.07) is 0. The average molecular weight is 249 g/mol. The van der Waals surface area contributed by atoms with E-state index in [1.807, 2.05) is 6.21 Å². The summed E-state index contributed by atoms with van der Waals surface area (Å²) in [6.45, 7) is 6.66. The average Bonchev–Trinajstić information content (AvgIpc) is 2.30. The van der Waals surface area contributed by atoms with Crippen LogP contribution in [-0.2, 0) is 0 Å². The van der Waals surface area contributed by atoms with Gasteiger partial charge in [0.2, 0.25) is 0 Å². The lowest BCUT2D eigenvalue weighted by atomic mass is 9.99. The van der Waals surface area contributed by atoms with E-state index in [4.69, 9.17) is 0 Å². The van der Waals surface area contributed by atoms with Crippen LogP contribution in [0, 0.1) is 5.92 Å². The van der Waals surface area contributed by atoms with Gasteiger partial charge in [0, 0.05) is 16.8 Å². The molecule has 0 amide bonds. The van der Waals surface area contributed by atoms with Crippen LogP contribution in [-0.4, -0.2) is 12.5 Å². The molecule has 94 valence electrons. The number of allylic oxidation sites excluding steroid dienone is 5. The molecule has 0 fully saturated rings. The largest absolute Gasteiger partial charge is 0.261 e. The maximum atomic E-state index is 4.59. The normalized spacial score (nSPS) is 28.8. The molecule has 0 aromatic carbocycles. The van der Waals surface area contributed by atoms with Crippen LogP contribution >= 0.6 is 11.8 Å². The van der Waals surface area contributed by atoms with Crippen LogP contribution in [0.4, 0.5) is 0 Å². The molecule has 1 unspecified atom stereocenters. The van der Waals surface area contributed by atoms with Crippen molar-refractivity contribution in [2.45, 2.75) is 40.0 Å². The lowest BCUT2D eigenvalue weighted by Gasteiger charge is -2.13. The van der Waals surface area contributed by atoms with Gasteiger partial charge in [0.1, 0.15) is 0 Å². The zero-order valence-corrected chi connectivity index (χ0v) is 12.2. The Kier molecular flexibility index (Phi) is 6.35. The SMILES string of the molecule is CCCCC(C)C1=C/C(C)=C\C(SC)=C/C=N\1. The molecular formula is C15H23NS. The number of thioether (sulfide) groups is 1. The van der Waals surface area contributed by atoms with Gasteiger partial charge in [-0.15, -0.1) is 11.8 Å². The van der Waals surface area contributed by atoms with Crippen LogP contribution in [0.25, 0.3) is 0 Å². The summed E-state index contributed by atoms with van der Waals surface area (Å²) in [7, 11) is 0. The second-order valence-corrected chi connectivity index (χ2v) is 5.43. The fourth-order valence-electron chi connectivity index (χ4n) is 1.84. The molecule has 2 heteroatoms. The van der Waals surface area contributed by atoms with Crippen molar-refractivity contribution >= 4 is 18.0 Å². The molecule has 17 heavy (non-hydrogen) atoms. The van der Waals surface area contributed by atoms with Crippen LogP contribution in [0.5, 0.6) is 0 Å². The number of unbranched alkanes of at least 4 members (excludes halogenated alkanes) is 1. The molecule has 1 rings (SSSR count). The summed E-state index contributed by atoms with van der Waals surface area (Å²) in [4.78, 5) is 5.86. The van der Waals surface area contributed by atoms with Crippen LogP contribution < -0.4 is 0 Å². The van der Waals surface area contributed by atoms with Crippen LogP contribution in [0.1, 0.15) is 40.0 Å². The van der Waals surface area contributed by atoms with Gasteiger partial charge in [0.05, 0.1) is 0 Å². The highest BCUT2D eigenvalue weighted by atomic mass is 32.2. The van der Waals surface area contributed by atoms with Gasteiger partial charge in [0.15, 0.2) is 0 Å². The third-order valence-electron chi connectivity index (χ3n) is 2.94. The fourth-order valence-corrected chi connectivity index (χ4v) is 2.34. The Labute approximate surface area is 110 Å². The van der Waals surface area contributed by atoms with E-state index in [9.17, 15) is 0 Å². The molecule has 0 aromatic heterocycles. The highest BCUT2D eigenvalue weighted by Gasteiger charge is 2.08. The van der Waals surface area contributed by atoms with Gasteiger partial charge in [-0.3, -0.25) is 4.99 Å². The first-order chi connectivity index (χ1) is 8.17. The highest BCUT2D eigenvalue weighted by molar-refractivity contribution is 8.02. The van der Waals surface area contributed by atoms with Crippen LogP contribution in [0.15, 0.2) is 39.4 Å². The van der Waals surface area contributed by atoms with E-state index in [0.717, 1.165) is 0 Å². The molecule has 1 aliphatic heterocycles. The summed E-state index contributed by atoms with van der Waals surface area (Å²) >= 11 is 1.76. The molecule has 1 nitrogen and oxygen atoms in total. The van der Waals surface area contributed by atoms with Crippen molar-refractivity contribution in [3.05, 3.63) is 34.4 Å². The second-order valence-electron chi connectivity index (χ2n) is 4.55. The predicted octanol–water partition coefficient (Wildman–Crippen LogP) is 4.97. The van der Waals surface area contributed by atoms with Crippen molar-refractivity contribution in [2.24, 2.45) is 10.9 Å². The van der Waals surface area contributed by atoms with Gasteiger partial charge in [-0.1, -0.05) is 26.7 Å². The van der Waals surface area contributed by atoms with E-state index in [2.05, 4.69) is 50.2 Å². The van der Waals surface area contributed by atoms with Crippen molar-refractivity contribution in [1.29, 1.82) is 0 Å². The Bertz CT molecular complexity index is 361. The van der Waals surface area contributed by atoms with Gasteiger partial charge in [0.25, 0.3) is 0 Å². The first-order valence-corrected chi connectivity index (χ1v) is 7.58. The van der Waals surface area contributed by atoms with Gasteiger partial charge in [-0.05, 0) is 49.3 Å². The maximum absolute atomic E-state index is 4.59. The predicted molar refractivity (Wildman–Crippen MR) is 80.6 cm³/mol. The van der Waals surface area contributed by atoms with Gasteiger partial charge >= 0.3 is 0 Å². The molecule has 1 atom stereocenters. The Morgan fingerprint density at radius 1 is 1.35 bits per heavy atom. The number of hydrogen-bond acceptors (Lipinski definition) is 2. The number of aliphatic imine (C=N–C) groups is 1. The van der Waals surface area contributed by atoms with E-state index in [1.165, 1.54) is 35.4 Å². The summed E-state index contributed by atoms with van der Waals surface area (Å²) in [6.07, 6.45) is 14.3. The molecule has 1 aliphatic rings. The lowest BCUT2D eigenvalue weighted by molar-refractivity contribution is 0.568. The monoisotopic (exact) mass is 249 g/mol. The smallest absolute Gasteiger partial charge is 0.0434 e. The van der Waals surface area contributed by atoms with Gasteiger partial charge in [-0.25, -0.2) is 0 Å². The standard InChI is InChI=1S/C15H23NS/c1-5-6-7-13(3)15-11-12(2)10-14(17-4)8-9-16-15/h8-11,13H,5-7H2,1-4H3/b9-8?,12-10-,12-11?,14-8+,14-10?,15-11-,16-9-,16-15?. The van der Waals surface area contributed by atoms with E-state index in [1.54, 1.807) is 11.8 Å². The minimum Gasteiger partial charge on any atom is -0.261 e. The summed E-state index contributed by atoms with van der Waals surface area (Å²) < 4.78 is 0. The molecule has 0 bridgehead atoms. The van der Waals surface area contributed by atoms with Crippen molar-refractivity contribution in [3.8, 4) is 0 Å². The minimum atomic E-state index is 0.554. The Morgan fingerprint density at radius 2 is 2.12 bits per heavy atom. The van der Waals surface area contributed by atoms with Crippen molar-refractivity contribution in [1.82, 2.24) is 0 Å². The topological polar surface area (TPSA) is 12.4 Å². The quantitative estimate of drug-likeness (QED) is 0.669. The minimum absolute atomic E-state index is 0.554. The van der Waals surface area contributed by atoms with Crippen molar-refractivity contribution in [3.63, 3.8) is 0 Å². The highest BCUT2D eigenvalue weighted by Crippen LogP contribution is 2.23. The third-order valence-corrected chi connectivity index (χ3v) is 3.66. The van der Waals surface area contributed by atoms with Crippen LogP contribution in [0.2, 0.25) is 0 Å². The van der Waals surface area contributed by atoms with E-state index in [0.29, 0.717) is 5.92 Å². The van der Waals surface area contributed by atoms with Gasteiger partial charge in [-0.2, -0.15) is 0 Å². The molecule has 1 heterocycles. The molecule has 0 saturated heterocycles. The summed E-state index contributed by atoms with van der Waals surface area (Å²) in [5, 5.41) is 0. The molecular weight excluding hydrogens is 226 g/mol. The van der Waals surface area contributed by atoms with E-state index in [-0.39, 0.29) is 0 Å². The molecule has 0 radical (unpaired) electrons. The number of nitrogens with zero attached hydrogens (tertiary/aromatic N) is 1. The second kappa shape index (κ2) is 7.54. The Hall–Kier alpha value is -0.760. The first kappa shape index (κ1) is 14.3. The summed E-state index contributed by atoms with van der Waals surface area (Å²) in [5.41, 5.74) is 2.50. The fraction of sp³-hybridized carbons (Fsp3) is 0.533. The van der Waals surface area contributed by atoms with E-state index >= 15 is 0 Å². The van der Waals surface area contributed by atoms with Crippen molar-refractivity contribution in [2.75, 3.05) is 6.26 Å². The Balaban J connectivity index is 2.79. The maximum Gasteiger partial charge on any atom is 0.0434 e. The van der Waals surface area contributed by atoms with Crippen molar-refractivity contribution < 1.29 is 0 Å². The zero-order valence-electron chi connectivity index (χ0n) is 11.4. The lowest BCUT2D eigenvalue weighted by Crippen LogP contribution is -1.99. The number of rotatable bonds is 5. The van der Waals surface area contributed by atoms with Crippen LogP contribution in [0.3, 0.4) is 0 Å². The van der Waals surface area contributed by atoms with Gasteiger partial charge < -0.3 is 0 Å². The van der Waals surface area contributed by atoms with E-state index < -0.39 is 0 Å².